The molecule has 0 aromatic heterocycles. The molecule has 0 aliphatic heterocycles. The highest BCUT2D eigenvalue weighted by Crippen LogP contribution is 2.25. The molecule has 0 saturated heterocycles. The van der Waals surface area contributed by atoms with Crippen molar-refractivity contribution < 1.29 is 13.2 Å². The van der Waals surface area contributed by atoms with E-state index in [4.69, 9.17) is 0 Å². The third-order valence-corrected chi connectivity index (χ3v) is 3.65. The van der Waals surface area contributed by atoms with Crippen molar-refractivity contribution in [3.8, 4) is 0 Å². The molecule has 0 aliphatic carbocycles. The van der Waals surface area contributed by atoms with Gasteiger partial charge in [0, 0.05) is 17.7 Å². The second-order valence-electron chi connectivity index (χ2n) is 5.50. The summed E-state index contributed by atoms with van der Waals surface area (Å²) in [6.07, 6.45) is 7.24. The Morgan fingerprint density at radius 1 is 0.857 bits per heavy atom. The van der Waals surface area contributed by atoms with E-state index in [1.54, 1.807) is 0 Å². The summed E-state index contributed by atoms with van der Waals surface area (Å²) in [4.78, 5) is 0. The zero-order valence-corrected chi connectivity index (χ0v) is 13.0. The van der Waals surface area contributed by atoms with Crippen molar-refractivity contribution in [1.29, 1.82) is 0 Å². The molecule has 0 heterocycles. The number of rotatable bonds is 10. The normalized spacial score (nSPS) is 12.6. The molecule has 1 aromatic carbocycles. The van der Waals surface area contributed by atoms with E-state index in [0.29, 0.717) is 6.07 Å². The van der Waals surface area contributed by atoms with Gasteiger partial charge in [-0.15, -0.1) is 0 Å². The minimum Gasteiger partial charge on any atom is -0.310 e. The first-order valence-electron chi connectivity index (χ1n) is 7.98. The van der Waals surface area contributed by atoms with Gasteiger partial charge in [0.1, 0.15) is 5.82 Å². The minimum atomic E-state index is -1.13. The maximum atomic E-state index is 13.9. The summed E-state index contributed by atoms with van der Waals surface area (Å²) in [5.41, 5.74) is 0.234. The lowest BCUT2D eigenvalue weighted by atomic mass is 9.98. The van der Waals surface area contributed by atoms with Crippen LogP contribution in [-0.4, -0.2) is 6.54 Å². The fourth-order valence-electron chi connectivity index (χ4n) is 2.44. The second kappa shape index (κ2) is 9.82. The van der Waals surface area contributed by atoms with Crippen molar-refractivity contribution in [2.75, 3.05) is 6.54 Å². The lowest BCUT2D eigenvalue weighted by molar-refractivity contribution is 0.436. The van der Waals surface area contributed by atoms with Gasteiger partial charge in [0.05, 0.1) is 0 Å². The Morgan fingerprint density at radius 3 is 2.19 bits per heavy atom. The molecule has 1 rings (SSSR count). The SMILES string of the molecule is CCCCCCCC(NCCC)c1cc(F)c(F)cc1F. The van der Waals surface area contributed by atoms with Gasteiger partial charge in [-0.2, -0.15) is 0 Å². The van der Waals surface area contributed by atoms with E-state index < -0.39 is 17.5 Å². The average Bonchev–Trinajstić information content (AvgIpc) is 2.46. The van der Waals surface area contributed by atoms with Gasteiger partial charge in [0.25, 0.3) is 0 Å². The summed E-state index contributed by atoms with van der Waals surface area (Å²) < 4.78 is 40.3. The van der Waals surface area contributed by atoms with Crippen molar-refractivity contribution in [2.24, 2.45) is 0 Å². The highest BCUT2D eigenvalue weighted by molar-refractivity contribution is 5.23. The Morgan fingerprint density at radius 2 is 1.52 bits per heavy atom. The van der Waals surface area contributed by atoms with Crippen LogP contribution in [0.1, 0.15) is 70.4 Å². The fraction of sp³-hybridized carbons (Fsp3) is 0.647. The van der Waals surface area contributed by atoms with Crippen LogP contribution in [0.15, 0.2) is 12.1 Å². The summed E-state index contributed by atoms with van der Waals surface area (Å²) in [5, 5.41) is 3.24. The zero-order chi connectivity index (χ0) is 15.7. The smallest absolute Gasteiger partial charge is 0.161 e. The summed E-state index contributed by atoms with van der Waals surface area (Å²) in [7, 11) is 0. The number of hydrogen-bond acceptors (Lipinski definition) is 1. The lowest BCUT2D eigenvalue weighted by Gasteiger charge is -2.20. The van der Waals surface area contributed by atoms with Crippen LogP contribution in [0.4, 0.5) is 13.2 Å². The molecule has 0 bridgehead atoms. The Labute approximate surface area is 125 Å². The number of nitrogens with one attached hydrogen (secondary N) is 1. The van der Waals surface area contributed by atoms with Crippen LogP contribution >= 0.6 is 0 Å². The molecule has 120 valence electrons. The molecule has 1 N–H and O–H groups in total. The van der Waals surface area contributed by atoms with Crippen molar-refractivity contribution in [1.82, 2.24) is 5.32 Å². The van der Waals surface area contributed by atoms with E-state index in [1.807, 2.05) is 6.92 Å². The first-order valence-corrected chi connectivity index (χ1v) is 7.98. The number of hydrogen-bond donors (Lipinski definition) is 1. The van der Waals surface area contributed by atoms with Crippen LogP contribution in [0.25, 0.3) is 0 Å². The highest BCUT2D eigenvalue weighted by Gasteiger charge is 2.18. The molecular formula is C17H26F3N. The molecule has 1 unspecified atom stereocenters. The summed E-state index contributed by atoms with van der Waals surface area (Å²) in [5.74, 6) is -2.79. The Balaban J connectivity index is 2.70. The van der Waals surface area contributed by atoms with Gasteiger partial charge in [-0.3, -0.25) is 0 Å². The summed E-state index contributed by atoms with van der Waals surface area (Å²) >= 11 is 0. The standard InChI is InChI=1S/C17H26F3N/c1-3-5-6-7-8-9-17(21-10-4-2)13-11-15(19)16(20)12-14(13)18/h11-12,17,21H,3-10H2,1-2H3. The van der Waals surface area contributed by atoms with Crippen LogP contribution in [0.2, 0.25) is 0 Å². The summed E-state index contributed by atoms with van der Waals surface area (Å²) in [6.45, 7) is 4.91. The Kier molecular flexibility index (Phi) is 8.43. The van der Waals surface area contributed by atoms with Crippen molar-refractivity contribution in [3.05, 3.63) is 35.1 Å². The van der Waals surface area contributed by atoms with Gasteiger partial charge in [-0.1, -0.05) is 46.0 Å². The molecule has 1 atom stereocenters. The first-order chi connectivity index (χ1) is 10.1. The number of halogens is 3. The molecule has 0 spiro atoms. The number of benzene rings is 1. The number of unbranched alkanes of at least 4 members (excludes halogenated alkanes) is 4. The average molecular weight is 301 g/mol. The second-order valence-corrected chi connectivity index (χ2v) is 5.50. The van der Waals surface area contributed by atoms with Crippen LogP contribution in [0, 0.1) is 17.5 Å². The zero-order valence-electron chi connectivity index (χ0n) is 13.0. The Hall–Kier alpha value is -1.03. The van der Waals surface area contributed by atoms with Gasteiger partial charge in [0.15, 0.2) is 11.6 Å². The molecule has 0 amide bonds. The predicted octanol–water partition coefficient (Wildman–Crippen LogP) is 5.51. The molecule has 4 heteroatoms. The van der Waals surface area contributed by atoms with E-state index >= 15 is 0 Å². The van der Waals surface area contributed by atoms with Crippen LogP contribution in [-0.2, 0) is 0 Å². The van der Waals surface area contributed by atoms with Crippen LogP contribution in [0.3, 0.4) is 0 Å². The van der Waals surface area contributed by atoms with E-state index in [2.05, 4.69) is 12.2 Å². The largest absolute Gasteiger partial charge is 0.310 e. The molecule has 0 fully saturated rings. The third-order valence-electron chi connectivity index (χ3n) is 3.65. The maximum Gasteiger partial charge on any atom is 0.161 e. The van der Waals surface area contributed by atoms with E-state index in [-0.39, 0.29) is 11.6 Å². The van der Waals surface area contributed by atoms with Crippen molar-refractivity contribution >= 4 is 0 Å². The maximum absolute atomic E-state index is 13.9. The van der Waals surface area contributed by atoms with Gasteiger partial charge in [-0.05, 0) is 25.5 Å². The van der Waals surface area contributed by atoms with E-state index in [0.717, 1.165) is 44.7 Å². The van der Waals surface area contributed by atoms with Gasteiger partial charge >= 0.3 is 0 Å². The molecule has 0 radical (unpaired) electrons. The quantitative estimate of drug-likeness (QED) is 0.444. The minimum absolute atomic E-state index is 0.234. The molecule has 1 nitrogen and oxygen atoms in total. The third kappa shape index (κ3) is 6.08. The van der Waals surface area contributed by atoms with Gasteiger partial charge in [0.2, 0.25) is 0 Å². The molecule has 0 saturated carbocycles. The summed E-state index contributed by atoms with van der Waals surface area (Å²) in [6, 6.07) is 1.38. The van der Waals surface area contributed by atoms with Gasteiger partial charge < -0.3 is 5.32 Å². The molecule has 21 heavy (non-hydrogen) atoms. The van der Waals surface area contributed by atoms with E-state index in [1.165, 1.54) is 12.8 Å². The van der Waals surface area contributed by atoms with Crippen LogP contribution < -0.4 is 5.32 Å². The van der Waals surface area contributed by atoms with Crippen LogP contribution in [0.5, 0.6) is 0 Å². The highest BCUT2D eigenvalue weighted by atomic mass is 19.2. The van der Waals surface area contributed by atoms with Crippen molar-refractivity contribution in [3.63, 3.8) is 0 Å². The lowest BCUT2D eigenvalue weighted by Crippen LogP contribution is -2.23. The predicted molar refractivity (Wildman–Crippen MR) is 80.7 cm³/mol. The molecule has 0 aliphatic rings. The van der Waals surface area contributed by atoms with Crippen molar-refractivity contribution in [2.45, 2.75) is 64.8 Å². The van der Waals surface area contributed by atoms with Gasteiger partial charge in [-0.25, -0.2) is 13.2 Å². The topological polar surface area (TPSA) is 12.0 Å². The first kappa shape index (κ1) is 18.0. The molecule has 1 aromatic rings. The Bertz CT molecular complexity index is 421. The van der Waals surface area contributed by atoms with E-state index in [9.17, 15) is 13.2 Å². The molecular weight excluding hydrogens is 275 g/mol. The monoisotopic (exact) mass is 301 g/mol. The fourth-order valence-corrected chi connectivity index (χ4v) is 2.44.